The summed E-state index contributed by atoms with van der Waals surface area (Å²) in [7, 11) is 0. The zero-order valence-electron chi connectivity index (χ0n) is 10.6. The van der Waals surface area contributed by atoms with Crippen molar-refractivity contribution in [2.45, 2.75) is 31.5 Å². The normalized spacial score (nSPS) is 15.4. The summed E-state index contributed by atoms with van der Waals surface area (Å²) in [6.07, 6.45) is -6.66. The lowest BCUT2D eigenvalue weighted by Gasteiger charge is -2.22. The average molecular weight is 311 g/mol. The van der Waals surface area contributed by atoms with Gasteiger partial charge in [-0.25, -0.2) is 13.2 Å². The van der Waals surface area contributed by atoms with E-state index in [4.69, 9.17) is 0 Å². The van der Waals surface area contributed by atoms with Crippen LogP contribution >= 0.6 is 0 Å². The van der Waals surface area contributed by atoms with Gasteiger partial charge in [0.05, 0.1) is 12.1 Å². The van der Waals surface area contributed by atoms with E-state index in [0.29, 0.717) is 25.0 Å². The molecule has 0 heterocycles. The lowest BCUT2D eigenvalue weighted by molar-refractivity contribution is -0.140. The number of nitrogens with zero attached hydrogens (tertiary/aromatic N) is 1. The summed E-state index contributed by atoms with van der Waals surface area (Å²) in [6, 6.07) is 1.36. The molecule has 0 aromatic heterocycles. The van der Waals surface area contributed by atoms with Crippen LogP contribution in [0.3, 0.4) is 0 Å². The van der Waals surface area contributed by atoms with E-state index in [1.165, 1.54) is 0 Å². The largest absolute Gasteiger partial charge is 0.419 e. The number of hydrogen-bond acceptors (Lipinski definition) is 1. The molecule has 1 aromatic rings. The van der Waals surface area contributed by atoms with Gasteiger partial charge in [0.15, 0.2) is 0 Å². The van der Waals surface area contributed by atoms with Gasteiger partial charge in [0.2, 0.25) is 0 Å². The molecule has 1 aliphatic rings. The van der Waals surface area contributed by atoms with Crippen molar-refractivity contribution in [3.8, 4) is 0 Å². The third kappa shape index (κ3) is 3.68. The van der Waals surface area contributed by atoms with E-state index in [1.807, 2.05) is 0 Å². The average Bonchev–Trinajstić information content (AvgIpc) is 3.18. The number of carbonyl (C=O) groups is 1. The maximum absolute atomic E-state index is 13.1. The van der Waals surface area contributed by atoms with Crippen LogP contribution < -0.4 is 0 Å². The number of carbonyl (C=O) groups excluding carboxylic acids is 1. The minimum absolute atomic E-state index is 0.360. The van der Waals surface area contributed by atoms with E-state index in [1.54, 1.807) is 0 Å². The molecule has 0 bridgehead atoms. The molecular weight excluding hydrogens is 300 g/mol. The lowest BCUT2D eigenvalue weighted by Crippen LogP contribution is -2.37. The Balaban J connectivity index is 2.30. The molecule has 1 aliphatic carbocycles. The van der Waals surface area contributed by atoms with E-state index in [-0.39, 0.29) is 6.04 Å². The van der Waals surface area contributed by atoms with Crippen LogP contribution in [0.25, 0.3) is 0 Å². The number of rotatable bonds is 4. The smallest absolute Gasteiger partial charge is 0.330 e. The fourth-order valence-corrected chi connectivity index (χ4v) is 1.97. The van der Waals surface area contributed by atoms with Crippen LogP contribution in [-0.2, 0) is 6.18 Å². The molecular formula is C13H11F6NO. The second-order valence-electron chi connectivity index (χ2n) is 4.77. The van der Waals surface area contributed by atoms with Crippen molar-refractivity contribution in [1.82, 2.24) is 4.90 Å². The molecule has 2 nitrogen and oxygen atoms in total. The van der Waals surface area contributed by atoms with Gasteiger partial charge in [0.1, 0.15) is 5.82 Å². The van der Waals surface area contributed by atoms with Gasteiger partial charge in [0, 0.05) is 11.6 Å². The highest BCUT2D eigenvalue weighted by molar-refractivity contribution is 5.94. The lowest BCUT2D eigenvalue weighted by atomic mass is 10.1. The second kappa shape index (κ2) is 5.57. The Morgan fingerprint density at radius 2 is 1.90 bits per heavy atom. The van der Waals surface area contributed by atoms with E-state index >= 15 is 0 Å². The Labute approximate surface area is 116 Å². The summed E-state index contributed by atoms with van der Waals surface area (Å²) >= 11 is 0. The zero-order valence-corrected chi connectivity index (χ0v) is 10.6. The Morgan fingerprint density at radius 1 is 1.29 bits per heavy atom. The fourth-order valence-electron chi connectivity index (χ4n) is 1.97. The second-order valence-corrected chi connectivity index (χ2v) is 4.77. The highest BCUT2D eigenvalue weighted by Gasteiger charge is 2.37. The number of alkyl halides is 5. The van der Waals surface area contributed by atoms with Crippen LogP contribution in [0.4, 0.5) is 26.3 Å². The Bertz CT molecular complexity index is 538. The molecule has 0 atom stereocenters. The van der Waals surface area contributed by atoms with Crippen LogP contribution in [0.5, 0.6) is 0 Å². The van der Waals surface area contributed by atoms with Gasteiger partial charge in [-0.3, -0.25) is 4.79 Å². The van der Waals surface area contributed by atoms with Crippen LogP contribution in [0.2, 0.25) is 0 Å². The van der Waals surface area contributed by atoms with Crippen molar-refractivity contribution in [1.29, 1.82) is 0 Å². The van der Waals surface area contributed by atoms with E-state index in [2.05, 4.69) is 0 Å². The van der Waals surface area contributed by atoms with Gasteiger partial charge in [-0.1, -0.05) is 0 Å². The first-order valence-electron chi connectivity index (χ1n) is 6.16. The number of benzene rings is 1. The van der Waals surface area contributed by atoms with Crippen LogP contribution in [0.15, 0.2) is 18.2 Å². The molecule has 0 saturated heterocycles. The molecule has 1 amide bonds. The molecule has 0 radical (unpaired) electrons. The van der Waals surface area contributed by atoms with E-state index in [0.717, 1.165) is 11.0 Å². The van der Waals surface area contributed by atoms with E-state index < -0.39 is 42.0 Å². The minimum Gasteiger partial charge on any atom is -0.330 e. The van der Waals surface area contributed by atoms with Crippen LogP contribution in [0, 0.1) is 5.82 Å². The van der Waals surface area contributed by atoms with Gasteiger partial charge in [0.25, 0.3) is 12.3 Å². The number of hydrogen-bond donors (Lipinski definition) is 0. The number of amides is 1. The summed E-state index contributed by atoms with van der Waals surface area (Å²) in [5.41, 5.74) is -2.03. The predicted molar refractivity (Wildman–Crippen MR) is 61.5 cm³/mol. The summed E-state index contributed by atoms with van der Waals surface area (Å²) in [5.74, 6) is -2.45. The summed E-state index contributed by atoms with van der Waals surface area (Å²) in [6.45, 7) is -0.845. The molecule has 2 rings (SSSR count). The van der Waals surface area contributed by atoms with Crippen molar-refractivity contribution in [3.05, 3.63) is 35.1 Å². The van der Waals surface area contributed by atoms with Crippen molar-refractivity contribution in [3.63, 3.8) is 0 Å². The third-order valence-electron chi connectivity index (χ3n) is 3.10. The van der Waals surface area contributed by atoms with Crippen molar-refractivity contribution in [2.24, 2.45) is 0 Å². The topological polar surface area (TPSA) is 20.3 Å². The van der Waals surface area contributed by atoms with Crippen molar-refractivity contribution in [2.75, 3.05) is 6.54 Å². The first-order valence-corrected chi connectivity index (χ1v) is 6.16. The Morgan fingerprint density at radius 3 is 2.38 bits per heavy atom. The van der Waals surface area contributed by atoms with Gasteiger partial charge >= 0.3 is 6.18 Å². The quantitative estimate of drug-likeness (QED) is 0.776. The molecule has 0 aliphatic heterocycles. The predicted octanol–water partition coefficient (Wildman–Crippen LogP) is 3.71. The van der Waals surface area contributed by atoms with Gasteiger partial charge in [-0.2, -0.15) is 13.2 Å². The highest BCUT2D eigenvalue weighted by Crippen LogP contribution is 2.33. The van der Waals surface area contributed by atoms with Crippen LogP contribution in [0.1, 0.15) is 28.8 Å². The first-order chi connectivity index (χ1) is 9.70. The molecule has 8 heteroatoms. The van der Waals surface area contributed by atoms with E-state index in [9.17, 15) is 31.1 Å². The fraction of sp³-hybridized carbons (Fsp3) is 0.462. The molecule has 0 N–H and O–H groups in total. The van der Waals surface area contributed by atoms with Gasteiger partial charge in [-0.15, -0.1) is 0 Å². The third-order valence-corrected chi connectivity index (χ3v) is 3.10. The van der Waals surface area contributed by atoms with Crippen LogP contribution in [-0.4, -0.2) is 29.8 Å². The maximum atomic E-state index is 13.1. The van der Waals surface area contributed by atoms with Gasteiger partial charge < -0.3 is 4.90 Å². The SMILES string of the molecule is O=C(c1ccc(F)c(C(F)(F)F)c1)N(CC(F)F)C1CC1. The summed E-state index contributed by atoms with van der Waals surface area (Å²) in [5, 5.41) is 0. The molecule has 1 aromatic carbocycles. The Kier molecular flexibility index (Phi) is 4.15. The summed E-state index contributed by atoms with van der Waals surface area (Å²) in [4.78, 5) is 12.9. The number of halogens is 6. The molecule has 0 unspecified atom stereocenters. The maximum Gasteiger partial charge on any atom is 0.419 e. The zero-order chi connectivity index (χ0) is 15.8. The summed E-state index contributed by atoms with van der Waals surface area (Å²) < 4.78 is 75.8. The molecule has 1 saturated carbocycles. The molecule has 116 valence electrons. The monoisotopic (exact) mass is 311 g/mol. The first kappa shape index (κ1) is 15.7. The van der Waals surface area contributed by atoms with Crippen molar-refractivity contribution < 1.29 is 31.1 Å². The molecule has 1 fully saturated rings. The Hall–Kier alpha value is -1.73. The standard InChI is InChI=1S/C13H11F6NO/c14-10-4-1-7(5-9(10)13(17,18)19)12(21)20(6-11(15)16)8-2-3-8/h1,4-5,8,11H,2-3,6H2. The molecule has 0 spiro atoms. The minimum atomic E-state index is -4.95. The highest BCUT2D eigenvalue weighted by atomic mass is 19.4. The van der Waals surface area contributed by atoms with Crippen molar-refractivity contribution >= 4 is 5.91 Å². The molecule has 21 heavy (non-hydrogen) atoms. The van der Waals surface area contributed by atoms with Gasteiger partial charge in [-0.05, 0) is 31.0 Å².